The molecule has 51 heavy (non-hydrogen) atoms. The number of fused-ring (bicyclic) bond motifs is 2. The molecule has 10 nitrogen and oxygen atoms in total. The molecule has 5 atom stereocenters. The van der Waals surface area contributed by atoms with Crippen molar-refractivity contribution >= 4 is 33.5 Å². The maximum Gasteiger partial charge on any atom is 0.410 e. The summed E-state index contributed by atoms with van der Waals surface area (Å²) < 4.78 is 55.1. The van der Waals surface area contributed by atoms with E-state index in [-0.39, 0.29) is 56.0 Å². The first-order valence-corrected chi connectivity index (χ1v) is 19.4. The first-order chi connectivity index (χ1) is 24.0. The highest BCUT2D eigenvalue weighted by molar-refractivity contribution is 7.89. The van der Waals surface area contributed by atoms with Gasteiger partial charge >= 0.3 is 6.09 Å². The quantitative estimate of drug-likeness (QED) is 0.243. The highest BCUT2D eigenvalue weighted by Crippen LogP contribution is 2.33. The van der Waals surface area contributed by atoms with E-state index in [2.05, 4.69) is 4.98 Å². The van der Waals surface area contributed by atoms with E-state index in [4.69, 9.17) is 26.8 Å². The van der Waals surface area contributed by atoms with Crippen LogP contribution in [0.4, 0.5) is 9.18 Å². The summed E-state index contributed by atoms with van der Waals surface area (Å²) in [4.78, 5) is 33.3. The van der Waals surface area contributed by atoms with Gasteiger partial charge in [0.05, 0.1) is 17.9 Å². The number of rotatable bonds is 11. The maximum absolute atomic E-state index is 15.6. The Kier molecular flexibility index (Phi) is 12.1. The largest absolute Gasteiger partial charge is 0.475 e. The normalized spacial score (nSPS) is 21.4. The number of carbonyl (C=O) groups excluding carboxylic acids is 2. The van der Waals surface area contributed by atoms with Gasteiger partial charge in [-0.1, -0.05) is 41.9 Å². The lowest BCUT2D eigenvalue weighted by molar-refractivity contribution is -0.119. The molecular weight excluding hydrogens is 695 g/mol. The molecule has 0 aliphatic carbocycles. The molecule has 0 saturated carbocycles. The number of pyridine rings is 1. The van der Waals surface area contributed by atoms with Crippen LogP contribution in [-0.4, -0.2) is 83.2 Å². The number of nitrogens with two attached hydrogens (primary N) is 1. The molecule has 13 heteroatoms. The molecule has 2 aliphatic rings. The SMILES string of the molecule is CC(C)Oc1ccc([C@H](c2ccc(Cl)cc2)[C@H](N)C(=O)Cc2cccc(F)c2CC[C@H]2CN(C(=O)OC(C)(C)C)[C@@H]3CCCS(=O)(=O)N2C3)cn1. The van der Waals surface area contributed by atoms with Crippen LogP contribution in [0, 0.1) is 5.82 Å². The molecule has 0 spiro atoms. The number of sulfonamides is 1. The lowest BCUT2D eigenvalue weighted by Crippen LogP contribution is -2.60. The Labute approximate surface area is 305 Å². The molecule has 276 valence electrons. The molecule has 2 bridgehead atoms. The lowest BCUT2D eigenvalue weighted by Gasteiger charge is -2.44. The number of carbonyl (C=O) groups is 2. The van der Waals surface area contributed by atoms with Crippen LogP contribution in [0.25, 0.3) is 0 Å². The van der Waals surface area contributed by atoms with E-state index in [0.717, 1.165) is 5.56 Å². The third-order valence-electron chi connectivity index (χ3n) is 9.31. The van der Waals surface area contributed by atoms with Crippen LogP contribution >= 0.6 is 11.6 Å². The second-order valence-corrected chi connectivity index (χ2v) is 17.2. The molecule has 3 heterocycles. The highest BCUT2D eigenvalue weighted by Gasteiger charge is 2.44. The standard InChI is InChI=1S/C38H48ClFN4O6S/c1-24(2)49-34-18-13-27(21-42-34)35(25-11-14-28(39)15-12-25)36(41)33(45)20-26-8-6-10-32(40)31(26)17-16-30-22-43(37(46)50-38(3,4)5)29-9-7-19-51(47,48)44(30)23-29/h6,8,10-15,18,21,24,29-30,35-36H,7,9,16-17,19-20,22-23,41H2,1-5H3/t29-,30+,35+,36-/m1/s1. The Morgan fingerprint density at radius 2 is 1.76 bits per heavy atom. The Morgan fingerprint density at radius 3 is 2.41 bits per heavy atom. The molecule has 2 aromatic carbocycles. The average Bonchev–Trinajstić information content (AvgIpc) is 3.17. The molecule has 1 aromatic heterocycles. The number of ether oxygens (including phenoxy) is 2. The number of aromatic nitrogens is 1. The van der Waals surface area contributed by atoms with Gasteiger partial charge in [-0.25, -0.2) is 22.6 Å². The molecule has 3 aromatic rings. The molecule has 2 aliphatic heterocycles. The predicted octanol–water partition coefficient (Wildman–Crippen LogP) is 6.28. The molecule has 2 fully saturated rings. The van der Waals surface area contributed by atoms with Crippen molar-refractivity contribution in [3.8, 4) is 5.88 Å². The molecule has 1 amide bonds. The van der Waals surface area contributed by atoms with Crippen molar-refractivity contribution in [1.82, 2.24) is 14.2 Å². The fourth-order valence-electron chi connectivity index (χ4n) is 6.92. The second kappa shape index (κ2) is 16.0. The summed E-state index contributed by atoms with van der Waals surface area (Å²) in [5.41, 5.74) is 8.28. The van der Waals surface area contributed by atoms with Gasteiger partial charge in [-0.3, -0.25) is 4.79 Å². The van der Waals surface area contributed by atoms with Crippen molar-refractivity contribution < 1.29 is 31.9 Å². The zero-order valence-corrected chi connectivity index (χ0v) is 31.4. The van der Waals surface area contributed by atoms with E-state index in [1.165, 1.54) is 10.4 Å². The number of piperazine rings is 1. The number of hydrogen-bond acceptors (Lipinski definition) is 8. The van der Waals surface area contributed by atoms with Gasteiger partial charge in [-0.15, -0.1) is 0 Å². The Bertz CT molecular complexity index is 1800. The molecule has 0 radical (unpaired) electrons. The fraction of sp³-hybridized carbons (Fsp3) is 0.500. The Balaban J connectivity index is 1.38. The van der Waals surface area contributed by atoms with Crippen molar-refractivity contribution in [3.63, 3.8) is 0 Å². The minimum atomic E-state index is -3.58. The average molecular weight is 743 g/mol. The Morgan fingerprint density at radius 1 is 1.06 bits per heavy atom. The van der Waals surface area contributed by atoms with Crippen molar-refractivity contribution in [2.45, 2.75) is 102 Å². The summed E-state index contributed by atoms with van der Waals surface area (Å²) in [5.74, 6) is -0.948. The topological polar surface area (TPSA) is 132 Å². The zero-order chi connectivity index (χ0) is 37.1. The van der Waals surface area contributed by atoms with Crippen molar-refractivity contribution in [3.05, 3.63) is 93.9 Å². The van der Waals surface area contributed by atoms with E-state index in [9.17, 15) is 18.0 Å². The number of nitrogens with zero attached hydrogens (tertiary/aromatic N) is 3. The van der Waals surface area contributed by atoms with Crippen LogP contribution in [-0.2, 0) is 32.4 Å². The van der Waals surface area contributed by atoms with Crippen LogP contribution in [0.15, 0.2) is 60.8 Å². The van der Waals surface area contributed by atoms with Gasteiger partial charge in [-0.2, -0.15) is 4.31 Å². The van der Waals surface area contributed by atoms with E-state index < -0.39 is 45.5 Å². The number of hydrogen-bond donors (Lipinski definition) is 1. The lowest BCUT2D eigenvalue weighted by atomic mass is 9.82. The van der Waals surface area contributed by atoms with Gasteiger partial charge in [-0.05, 0) is 101 Å². The van der Waals surface area contributed by atoms with Gasteiger partial charge in [0.25, 0.3) is 0 Å². The third-order valence-corrected chi connectivity index (χ3v) is 11.5. The smallest absolute Gasteiger partial charge is 0.410 e. The van der Waals surface area contributed by atoms with Gasteiger partial charge in [0.15, 0.2) is 5.78 Å². The third kappa shape index (κ3) is 9.65. The fourth-order valence-corrected chi connectivity index (χ4v) is 8.84. The molecule has 1 unspecified atom stereocenters. The summed E-state index contributed by atoms with van der Waals surface area (Å²) in [6, 6.07) is 13.3. The summed E-state index contributed by atoms with van der Waals surface area (Å²) in [6.45, 7) is 9.46. The van der Waals surface area contributed by atoms with E-state index in [0.29, 0.717) is 40.4 Å². The molecule has 5 rings (SSSR count). The molecule has 2 saturated heterocycles. The second-order valence-electron chi connectivity index (χ2n) is 14.7. The number of benzene rings is 2. The van der Waals surface area contributed by atoms with Crippen LogP contribution in [0.2, 0.25) is 5.02 Å². The monoisotopic (exact) mass is 742 g/mol. The van der Waals surface area contributed by atoms with Gasteiger partial charge in [0, 0.05) is 54.8 Å². The van der Waals surface area contributed by atoms with Gasteiger partial charge in [0.2, 0.25) is 15.9 Å². The van der Waals surface area contributed by atoms with Crippen LogP contribution in [0.1, 0.15) is 82.1 Å². The van der Waals surface area contributed by atoms with Crippen molar-refractivity contribution in [1.29, 1.82) is 0 Å². The number of halogens is 2. The summed E-state index contributed by atoms with van der Waals surface area (Å²) in [7, 11) is -3.58. The maximum atomic E-state index is 15.6. The minimum absolute atomic E-state index is 0.0166. The van der Waals surface area contributed by atoms with E-state index >= 15 is 4.39 Å². The van der Waals surface area contributed by atoms with Crippen molar-refractivity contribution in [2.75, 3.05) is 18.8 Å². The van der Waals surface area contributed by atoms with Crippen LogP contribution in [0.3, 0.4) is 0 Å². The molecular formula is C38H48ClFN4O6S. The van der Waals surface area contributed by atoms with Crippen LogP contribution in [0.5, 0.6) is 5.88 Å². The van der Waals surface area contributed by atoms with Crippen LogP contribution < -0.4 is 10.5 Å². The Hall–Kier alpha value is -3.58. The number of ketones is 1. The number of Topliss-reactive ketones (excluding diaryl/α,β-unsaturated/α-hetero) is 1. The van der Waals surface area contributed by atoms with Gasteiger partial charge < -0.3 is 20.1 Å². The molecule has 2 N–H and O–H groups in total. The summed E-state index contributed by atoms with van der Waals surface area (Å²) in [6.07, 6.45) is 2.31. The van der Waals surface area contributed by atoms with Gasteiger partial charge in [0.1, 0.15) is 11.4 Å². The van der Waals surface area contributed by atoms with Crippen molar-refractivity contribution in [2.24, 2.45) is 5.73 Å². The van der Waals surface area contributed by atoms with E-state index in [1.807, 2.05) is 32.0 Å². The predicted molar refractivity (Wildman–Crippen MR) is 195 cm³/mol. The minimum Gasteiger partial charge on any atom is -0.475 e. The first kappa shape index (κ1) is 38.6. The summed E-state index contributed by atoms with van der Waals surface area (Å²) in [5, 5.41) is 0.538. The number of amides is 1. The summed E-state index contributed by atoms with van der Waals surface area (Å²) >= 11 is 6.18. The van der Waals surface area contributed by atoms with E-state index in [1.54, 1.807) is 62.2 Å². The highest BCUT2D eigenvalue weighted by atomic mass is 35.5. The first-order valence-electron chi connectivity index (χ1n) is 17.4. The zero-order valence-electron chi connectivity index (χ0n) is 29.8.